The highest BCUT2D eigenvalue weighted by molar-refractivity contribution is 9.10. The minimum absolute atomic E-state index is 0.0665. The molecule has 2 rings (SSSR count). The van der Waals surface area contributed by atoms with Gasteiger partial charge in [-0.05, 0) is 30.0 Å². The second kappa shape index (κ2) is 6.97. The Hall–Kier alpha value is -0.800. The molecule has 8 heteroatoms. The number of rotatable bonds is 6. The second-order valence-corrected chi connectivity index (χ2v) is 7.99. The van der Waals surface area contributed by atoms with E-state index in [0.29, 0.717) is 10.9 Å². The number of nitrogens with two attached hydrogens (primary N) is 1. The summed E-state index contributed by atoms with van der Waals surface area (Å²) >= 11 is 4.72. The number of halogens is 2. The number of hydrogen-bond donors (Lipinski definition) is 2. The summed E-state index contributed by atoms with van der Waals surface area (Å²) in [6.07, 6.45) is 0.566. The highest BCUT2D eigenvalue weighted by Crippen LogP contribution is 2.23. The molecule has 1 heterocycles. The predicted octanol–water partition coefficient (Wildman–Crippen LogP) is 2.63. The zero-order chi connectivity index (χ0) is 15.5. The van der Waals surface area contributed by atoms with Gasteiger partial charge in [0.2, 0.25) is 10.0 Å². The zero-order valence-corrected chi connectivity index (χ0v) is 14.2. The van der Waals surface area contributed by atoms with E-state index in [4.69, 9.17) is 5.73 Å². The lowest BCUT2D eigenvalue weighted by Crippen LogP contribution is -2.27. The summed E-state index contributed by atoms with van der Waals surface area (Å²) in [6, 6.07) is 6.53. The summed E-state index contributed by atoms with van der Waals surface area (Å²) in [5.41, 5.74) is 5.58. The molecule has 0 aliphatic rings. The Bertz CT molecular complexity index is 718. The Kier molecular flexibility index (Phi) is 5.50. The van der Waals surface area contributed by atoms with E-state index in [1.807, 2.05) is 17.5 Å². The predicted molar refractivity (Wildman–Crippen MR) is 85.2 cm³/mol. The topological polar surface area (TPSA) is 72.2 Å². The van der Waals surface area contributed by atoms with Crippen molar-refractivity contribution >= 4 is 37.3 Å². The van der Waals surface area contributed by atoms with Crippen LogP contribution in [0, 0.1) is 5.82 Å². The van der Waals surface area contributed by atoms with Crippen molar-refractivity contribution < 1.29 is 12.8 Å². The summed E-state index contributed by atoms with van der Waals surface area (Å²) in [6.45, 7) is 0.149. The molecule has 114 valence electrons. The van der Waals surface area contributed by atoms with Crippen molar-refractivity contribution in [3.05, 3.63) is 50.4 Å². The van der Waals surface area contributed by atoms with Crippen molar-refractivity contribution in [3.63, 3.8) is 0 Å². The fourth-order valence-corrected chi connectivity index (χ4v) is 4.34. The van der Waals surface area contributed by atoms with Crippen LogP contribution >= 0.6 is 27.3 Å². The van der Waals surface area contributed by atoms with Crippen molar-refractivity contribution in [2.24, 2.45) is 5.73 Å². The van der Waals surface area contributed by atoms with Crippen LogP contribution in [0.4, 0.5) is 4.39 Å². The van der Waals surface area contributed by atoms with Crippen molar-refractivity contribution in [1.82, 2.24) is 4.72 Å². The largest absolute Gasteiger partial charge is 0.326 e. The molecule has 0 saturated carbocycles. The van der Waals surface area contributed by atoms with Gasteiger partial charge in [0.05, 0.1) is 0 Å². The number of sulfonamides is 1. The van der Waals surface area contributed by atoms with Gasteiger partial charge in [0.25, 0.3) is 0 Å². The average Bonchev–Trinajstić information content (AvgIpc) is 2.93. The monoisotopic (exact) mass is 392 g/mol. The van der Waals surface area contributed by atoms with Crippen molar-refractivity contribution in [2.75, 3.05) is 6.54 Å². The van der Waals surface area contributed by atoms with E-state index in [1.165, 1.54) is 12.1 Å². The van der Waals surface area contributed by atoms with Crippen LogP contribution in [-0.4, -0.2) is 15.0 Å². The maximum absolute atomic E-state index is 14.1. The van der Waals surface area contributed by atoms with E-state index in [2.05, 4.69) is 20.7 Å². The molecule has 0 radical (unpaired) electrons. The lowest BCUT2D eigenvalue weighted by Gasteiger charge is -2.10. The van der Waals surface area contributed by atoms with Gasteiger partial charge >= 0.3 is 0 Å². The molecule has 1 aromatic carbocycles. The van der Waals surface area contributed by atoms with Crippen molar-refractivity contribution in [2.45, 2.75) is 17.9 Å². The minimum atomic E-state index is -3.91. The number of thiophene rings is 1. The quantitative estimate of drug-likeness (QED) is 0.793. The SMILES string of the molecule is NCc1cc(Br)cc(S(=O)(=O)NCCc2cccs2)c1F. The van der Waals surface area contributed by atoms with Gasteiger partial charge in [-0.15, -0.1) is 11.3 Å². The van der Waals surface area contributed by atoms with Crippen molar-refractivity contribution in [3.8, 4) is 0 Å². The van der Waals surface area contributed by atoms with E-state index in [9.17, 15) is 12.8 Å². The fraction of sp³-hybridized carbons (Fsp3) is 0.231. The summed E-state index contributed by atoms with van der Waals surface area (Å²) in [5.74, 6) is -0.802. The molecule has 21 heavy (non-hydrogen) atoms. The molecule has 0 unspecified atom stereocenters. The molecule has 0 aliphatic heterocycles. The molecule has 2 aromatic rings. The van der Waals surface area contributed by atoms with E-state index < -0.39 is 15.8 Å². The molecule has 0 aliphatic carbocycles. The first kappa shape index (κ1) is 16.6. The molecule has 0 bridgehead atoms. The summed E-state index contributed by atoms with van der Waals surface area (Å²) in [5, 5.41) is 1.92. The molecular formula is C13H14BrFN2O2S2. The maximum atomic E-state index is 14.1. The highest BCUT2D eigenvalue weighted by atomic mass is 79.9. The van der Waals surface area contributed by atoms with Crippen LogP contribution in [0.25, 0.3) is 0 Å². The zero-order valence-electron chi connectivity index (χ0n) is 11.0. The van der Waals surface area contributed by atoms with E-state index in [-0.39, 0.29) is 23.5 Å². The number of benzene rings is 1. The Morgan fingerprint density at radius 2 is 2.14 bits per heavy atom. The third-order valence-electron chi connectivity index (χ3n) is 2.83. The summed E-state index contributed by atoms with van der Waals surface area (Å²) in [4.78, 5) is 0.679. The van der Waals surface area contributed by atoms with Gasteiger partial charge < -0.3 is 5.73 Å². The normalized spacial score (nSPS) is 11.8. The van der Waals surface area contributed by atoms with Gasteiger partial charge in [-0.1, -0.05) is 22.0 Å². The molecule has 0 saturated heterocycles. The van der Waals surface area contributed by atoms with E-state index in [0.717, 1.165) is 4.88 Å². The molecule has 0 fully saturated rings. The molecular weight excluding hydrogens is 379 g/mol. The van der Waals surface area contributed by atoms with Crippen LogP contribution in [0.1, 0.15) is 10.4 Å². The van der Waals surface area contributed by atoms with Gasteiger partial charge in [0, 0.05) is 28.0 Å². The first-order valence-electron chi connectivity index (χ1n) is 6.14. The van der Waals surface area contributed by atoms with Gasteiger partial charge in [-0.3, -0.25) is 0 Å². The molecule has 4 nitrogen and oxygen atoms in total. The lowest BCUT2D eigenvalue weighted by molar-refractivity contribution is 0.549. The van der Waals surface area contributed by atoms with Gasteiger partial charge in [-0.25, -0.2) is 17.5 Å². The van der Waals surface area contributed by atoms with Crippen LogP contribution in [-0.2, 0) is 23.0 Å². The van der Waals surface area contributed by atoms with Crippen LogP contribution in [0.15, 0.2) is 39.0 Å². The van der Waals surface area contributed by atoms with E-state index >= 15 is 0 Å². The third-order valence-corrected chi connectivity index (χ3v) is 5.69. The molecule has 0 amide bonds. The average molecular weight is 393 g/mol. The number of nitrogens with one attached hydrogen (secondary N) is 1. The molecule has 0 spiro atoms. The Morgan fingerprint density at radius 3 is 2.76 bits per heavy atom. The smallest absolute Gasteiger partial charge is 0.243 e. The standard InChI is InChI=1S/C13H14BrFN2O2S2/c14-10-6-9(8-16)13(15)12(7-10)21(18,19)17-4-3-11-2-1-5-20-11/h1-2,5-7,17H,3-4,8,16H2. The molecule has 3 N–H and O–H groups in total. The van der Waals surface area contributed by atoms with Gasteiger partial charge in [0.15, 0.2) is 0 Å². The van der Waals surface area contributed by atoms with Crippen LogP contribution in [0.2, 0.25) is 0 Å². The maximum Gasteiger partial charge on any atom is 0.243 e. The first-order chi connectivity index (χ1) is 9.94. The van der Waals surface area contributed by atoms with Gasteiger partial charge in [-0.2, -0.15) is 0 Å². The molecule has 0 atom stereocenters. The fourth-order valence-electron chi connectivity index (χ4n) is 1.80. The van der Waals surface area contributed by atoms with Crippen LogP contribution in [0.3, 0.4) is 0 Å². The van der Waals surface area contributed by atoms with Crippen LogP contribution in [0.5, 0.6) is 0 Å². The molecule has 1 aromatic heterocycles. The minimum Gasteiger partial charge on any atom is -0.326 e. The number of hydrogen-bond acceptors (Lipinski definition) is 4. The second-order valence-electron chi connectivity index (χ2n) is 4.31. The third kappa shape index (κ3) is 4.10. The Labute approximate surface area is 135 Å². The van der Waals surface area contributed by atoms with E-state index in [1.54, 1.807) is 11.3 Å². The summed E-state index contributed by atoms with van der Waals surface area (Å²) in [7, 11) is -3.91. The van der Waals surface area contributed by atoms with Crippen LogP contribution < -0.4 is 10.5 Å². The summed E-state index contributed by atoms with van der Waals surface area (Å²) < 4.78 is 41.4. The highest BCUT2D eigenvalue weighted by Gasteiger charge is 2.21. The first-order valence-corrected chi connectivity index (χ1v) is 9.29. The van der Waals surface area contributed by atoms with Gasteiger partial charge in [0.1, 0.15) is 10.7 Å². The Morgan fingerprint density at radius 1 is 1.38 bits per heavy atom. The van der Waals surface area contributed by atoms with Crippen molar-refractivity contribution in [1.29, 1.82) is 0 Å². The Balaban J connectivity index is 2.17. The lowest BCUT2D eigenvalue weighted by atomic mass is 10.2.